The van der Waals surface area contributed by atoms with Crippen LogP contribution in [0.15, 0.2) is 18.2 Å². The van der Waals surface area contributed by atoms with E-state index in [1.807, 2.05) is 18.2 Å². The number of hydrogen-bond donors (Lipinski definition) is 0. The van der Waals surface area contributed by atoms with Crippen LogP contribution in [0.3, 0.4) is 0 Å². The summed E-state index contributed by atoms with van der Waals surface area (Å²) in [6.07, 6.45) is 4.56. The van der Waals surface area contributed by atoms with E-state index < -0.39 is 8.45 Å². The predicted octanol–water partition coefficient (Wildman–Crippen LogP) is 5.69. The topological polar surface area (TPSA) is 34.2 Å². The summed E-state index contributed by atoms with van der Waals surface area (Å²) in [7, 11) is 2.58. The van der Waals surface area contributed by atoms with Crippen molar-refractivity contribution in [2.24, 2.45) is 0 Å². The van der Waals surface area contributed by atoms with Gasteiger partial charge in [0.1, 0.15) is 11.5 Å². The molecule has 0 bridgehead atoms. The van der Waals surface area contributed by atoms with Crippen molar-refractivity contribution in [1.82, 2.24) is 9.34 Å². The molecule has 27 heavy (non-hydrogen) atoms. The summed E-state index contributed by atoms with van der Waals surface area (Å²) >= 11 is 0. The van der Waals surface area contributed by atoms with E-state index in [0.29, 0.717) is 6.61 Å². The van der Waals surface area contributed by atoms with Crippen molar-refractivity contribution in [3.05, 3.63) is 23.8 Å². The van der Waals surface area contributed by atoms with Crippen molar-refractivity contribution >= 4 is 8.45 Å². The van der Waals surface area contributed by atoms with E-state index >= 15 is 0 Å². The molecule has 0 unspecified atom stereocenters. The molecule has 0 fully saturated rings. The Kier molecular flexibility index (Phi) is 12.7. The lowest BCUT2D eigenvalue weighted by atomic mass is 10.2. The van der Waals surface area contributed by atoms with Crippen LogP contribution in [0.5, 0.6) is 11.5 Å². The summed E-state index contributed by atoms with van der Waals surface area (Å²) in [6, 6.07) is 5.93. The second-order valence-electron chi connectivity index (χ2n) is 6.61. The van der Waals surface area contributed by atoms with Crippen molar-refractivity contribution in [3.63, 3.8) is 0 Å². The molecule has 6 heteroatoms. The van der Waals surface area contributed by atoms with Gasteiger partial charge in [0.05, 0.1) is 20.8 Å². The van der Waals surface area contributed by atoms with Crippen molar-refractivity contribution in [2.45, 2.75) is 60.0 Å². The predicted molar refractivity (Wildman–Crippen MR) is 116 cm³/mol. The molecular formula is C21H39N2O3P. The SMILES string of the molecule is CCCN(CCC)P(OCc1ccc(OC)cc1OC)N(CCC)CCC. The molecule has 0 spiro atoms. The lowest BCUT2D eigenvalue weighted by Crippen LogP contribution is -2.32. The first-order valence-electron chi connectivity index (χ1n) is 10.3. The molecule has 1 aromatic rings. The second-order valence-corrected chi connectivity index (χ2v) is 8.51. The molecule has 1 rings (SSSR count). The Labute approximate surface area is 167 Å². The monoisotopic (exact) mass is 398 g/mol. The number of hydrogen-bond acceptors (Lipinski definition) is 5. The average molecular weight is 399 g/mol. The highest BCUT2D eigenvalue weighted by atomic mass is 31.2. The Bertz CT molecular complexity index is 488. The van der Waals surface area contributed by atoms with E-state index in [9.17, 15) is 0 Å². The zero-order valence-corrected chi connectivity index (χ0v) is 19.1. The van der Waals surface area contributed by atoms with Crippen LogP contribution in [-0.2, 0) is 11.1 Å². The van der Waals surface area contributed by atoms with Gasteiger partial charge in [0, 0.05) is 37.8 Å². The average Bonchev–Trinajstić information content (AvgIpc) is 2.68. The van der Waals surface area contributed by atoms with E-state index in [0.717, 1.165) is 68.9 Å². The molecule has 0 saturated heterocycles. The summed E-state index contributed by atoms with van der Waals surface area (Å²) in [5.41, 5.74) is 1.06. The van der Waals surface area contributed by atoms with Crippen molar-refractivity contribution in [2.75, 3.05) is 40.4 Å². The molecule has 5 nitrogen and oxygen atoms in total. The maximum absolute atomic E-state index is 6.57. The van der Waals surface area contributed by atoms with Crippen LogP contribution in [-0.4, -0.2) is 49.7 Å². The third kappa shape index (κ3) is 7.95. The zero-order chi connectivity index (χ0) is 20.1. The largest absolute Gasteiger partial charge is 0.497 e. The number of rotatable bonds is 15. The molecule has 0 aliphatic carbocycles. The third-order valence-electron chi connectivity index (χ3n) is 4.24. The Morgan fingerprint density at radius 1 is 0.778 bits per heavy atom. The Balaban J connectivity index is 3.01. The molecule has 0 aliphatic rings. The molecule has 0 amide bonds. The fourth-order valence-corrected chi connectivity index (χ4v) is 5.46. The lowest BCUT2D eigenvalue weighted by molar-refractivity contribution is 0.240. The smallest absolute Gasteiger partial charge is 0.188 e. The molecule has 0 N–H and O–H groups in total. The van der Waals surface area contributed by atoms with Gasteiger partial charge in [-0.3, -0.25) is 0 Å². The minimum absolute atomic E-state index is 0.548. The van der Waals surface area contributed by atoms with Gasteiger partial charge in [-0.1, -0.05) is 27.7 Å². The van der Waals surface area contributed by atoms with Gasteiger partial charge in [-0.15, -0.1) is 0 Å². The molecule has 0 radical (unpaired) electrons. The van der Waals surface area contributed by atoms with Crippen LogP contribution >= 0.6 is 8.45 Å². The summed E-state index contributed by atoms with van der Waals surface area (Å²) in [5, 5.41) is 0. The summed E-state index contributed by atoms with van der Waals surface area (Å²) in [5.74, 6) is 1.62. The van der Waals surface area contributed by atoms with Crippen molar-refractivity contribution in [1.29, 1.82) is 0 Å². The number of nitrogens with zero attached hydrogens (tertiary/aromatic N) is 2. The second kappa shape index (κ2) is 14.2. The number of ether oxygens (including phenoxy) is 2. The van der Waals surface area contributed by atoms with Gasteiger partial charge in [-0.2, -0.15) is 0 Å². The summed E-state index contributed by atoms with van der Waals surface area (Å²) in [6.45, 7) is 13.8. The van der Waals surface area contributed by atoms with Crippen LogP contribution in [0.4, 0.5) is 0 Å². The summed E-state index contributed by atoms with van der Waals surface area (Å²) in [4.78, 5) is 0. The van der Waals surface area contributed by atoms with Crippen LogP contribution < -0.4 is 9.47 Å². The first-order chi connectivity index (χ1) is 13.1. The van der Waals surface area contributed by atoms with Crippen LogP contribution in [0.1, 0.15) is 58.9 Å². The molecule has 1 aromatic carbocycles. The van der Waals surface area contributed by atoms with Crippen LogP contribution in [0, 0.1) is 0 Å². The maximum Gasteiger partial charge on any atom is 0.188 e. The highest BCUT2D eigenvalue weighted by Crippen LogP contribution is 2.47. The van der Waals surface area contributed by atoms with Crippen molar-refractivity contribution in [3.8, 4) is 11.5 Å². The normalized spacial score (nSPS) is 11.6. The first-order valence-corrected chi connectivity index (χ1v) is 11.4. The van der Waals surface area contributed by atoms with Gasteiger partial charge in [0.2, 0.25) is 0 Å². The van der Waals surface area contributed by atoms with Crippen LogP contribution in [0.25, 0.3) is 0 Å². The number of benzene rings is 1. The van der Waals surface area contributed by atoms with E-state index in [1.54, 1.807) is 14.2 Å². The third-order valence-corrected chi connectivity index (χ3v) is 6.37. The number of methoxy groups -OCH3 is 2. The van der Waals surface area contributed by atoms with E-state index in [4.69, 9.17) is 14.0 Å². The van der Waals surface area contributed by atoms with Crippen molar-refractivity contribution < 1.29 is 14.0 Å². The zero-order valence-electron chi connectivity index (χ0n) is 18.2. The molecule has 0 aliphatic heterocycles. The molecule has 156 valence electrons. The minimum Gasteiger partial charge on any atom is -0.497 e. The van der Waals surface area contributed by atoms with E-state index in [-0.39, 0.29) is 0 Å². The Morgan fingerprint density at radius 3 is 1.70 bits per heavy atom. The fourth-order valence-electron chi connectivity index (χ4n) is 3.04. The van der Waals surface area contributed by atoms with Gasteiger partial charge in [0.15, 0.2) is 8.45 Å². The highest BCUT2D eigenvalue weighted by Gasteiger charge is 2.26. The highest BCUT2D eigenvalue weighted by molar-refractivity contribution is 7.47. The molecule has 0 saturated carbocycles. The quantitative estimate of drug-likeness (QED) is 0.355. The standard InChI is InChI=1S/C21H39N2O3P/c1-7-13-22(14-8-2)27(23(15-9-3)16-10-4)26-18-19-11-12-20(24-5)17-21(19)25-6/h11-12,17H,7-10,13-16,18H2,1-6H3. The van der Waals surface area contributed by atoms with Gasteiger partial charge < -0.3 is 14.0 Å². The first kappa shape index (κ1) is 24.2. The molecular weight excluding hydrogens is 359 g/mol. The van der Waals surface area contributed by atoms with Gasteiger partial charge in [0.25, 0.3) is 0 Å². The fraction of sp³-hybridized carbons (Fsp3) is 0.714. The van der Waals surface area contributed by atoms with Gasteiger partial charge in [-0.05, 0) is 37.8 Å². The maximum atomic E-state index is 6.57. The molecule has 0 aromatic heterocycles. The van der Waals surface area contributed by atoms with Crippen LogP contribution in [0.2, 0.25) is 0 Å². The van der Waals surface area contributed by atoms with E-state index in [1.165, 1.54) is 0 Å². The minimum atomic E-state index is -0.784. The van der Waals surface area contributed by atoms with Gasteiger partial charge >= 0.3 is 0 Å². The molecule has 0 atom stereocenters. The summed E-state index contributed by atoms with van der Waals surface area (Å²) < 4.78 is 22.5. The van der Waals surface area contributed by atoms with E-state index in [2.05, 4.69) is 37.0 Å². The molecule has 0 heterocycles. The lowest BCUT2D eigenvalue weighted by Gasteiger charge is -2.38. The Hall–Kier alpha value is -0.870. The van der Waals surface area contributed by atoms with Gasteiger partial charge in [-0.25, -0.2) is 9.34 Å². The Morgan fingerprint density at radius 2 is 1.30 bits per heavy atom.